The molecule has 0 aliphatic carbocycles. The first kappa shape index (κ1) is 15.0. The van der Waals surface area contributed by atoms with Crippen LogP contribution in [-0.4, -0.2) is 34.1 Å². The highest BCUT2D eigenvalue weighted by Gasteiger charge is 2.19. The van der Waals surface area contributed by atoms with Crippen molar-refractivity contribution in [2.24, 2.45) is 0 Å². The average molecular weight is 290 g/mol. The Morgan fingerprint density at radius 1 is 1.48 bits per heavy atom. The van der Waals surface area contributed by atoms with Gasteiger partial charge >= 0.3 is 6.09 Å². The fourth-order valence-electron chi connectivity index (χ4n) is 2.54. The molecule has 1 heterocycles. The predicted molar refractivity (Wildman–Crippen MR) is 79.3 cm³/mol. The van der Waals surface area contributed by atoms with Crippen LogP contribution in [0.4, 0.5) is 10.5 Å². The Balaban J connectivity index is 2.27. The molecule has 6 nitrogen and oxygen atoms in total. The van der Waals surface area contributed by atoms with E-state index in [9.17, 15) is 14.9 Å². The fraction of sp³-hybridized carbons (Fsp3) is 0.400. The Morgan fingerprint density at radius 3 is 2.76 bits per heavy atom. The van der Waals surface area contributed by atoms with Gasteiger partial charge in [-0.1, -0.05) is 19.4 Å². The summed E-state index contributed by atoms with van der Waals surface area (Å²) in [5.74, 6) is 0. The van der Waals surface area contributed by atoms with E-state index >= 15 is 0 Å². The van der Waals surface area contributed by atoms with Gasteiger partial charge in [-0.25, -0.2) is 4.79 Å². The number of carbonyl (C=O) groups is 1. The van der Waals surface area contributed by atoms with E-state index in [1.165, 1.54) is 4.90 Å². The molecule has 1 aromatic carbocycles. The van der Waals surface area contributed by atoms with Crippen molar-refractivity contribution in [2.45, 2.75) is 26.2 Å². The van der Waals surface area contributed by atoms with Gasteiger partial charge in [-0.15, -0.1) is 0 Å². The number of hydrogen-bond acceptors (Lipinski definition) is 3. The summed E-state index contributed by atoms with van der Waals surface area (Å²) in [7, 11) is 0. The second-order valence-electron chi connectivity index (χ2n) is 5.06. The summed E-state index contributed by atoms with van der Waals surface area (Å²) < 4.78 is 0. The van der Waals surface area contributed by atoms with Gasteiger partial charge in [0, 0.05) is 24.7 Å². The molecule has 6 heteroatoms. The molecule has 21 heavy (non-hydrogen) atoms. The van der Waals surface area contributed by atoms with Crippen molar-refractivity contribution >= 4 is 17.4 Å². The van der Waals surface area contributed by atoms with Crippen molar-refractivity contribution in [1.29, 1.82) is 0 Å². The minimum atomic E-state index is -0.916. The number of amides is 1. The van der Waals surface area contributed by atoms with Crippen molar-refractivity contribution in [3.63, 3.8) is 0 Å². The van der Waals surface area contributed by atoms with Crippen LogP contribution in [-0.2, 0) is 6.42 Å². The number of rotatable bonds is 4. The number of benzene rings is 1. The zero-order chi connectivity index (χ0) is 15.4. The van der Waals surface area contributed by atoms with Gasteiger partial charge in [0.1, 0.15) is 0 Å². The lowest BCUT2D eigenvalue weighted by atomic mass is 9.96. The van der Waals surface area contributed by atoms with Gasteiger partial charge in [-0.05, 0) is 36.1 Å². The number of nitrogens with zero attached hydrogens (tertiary/aromatic N) is 2. The highest BCUT2D eigenvalue weighted by atomic mass is 16.6. The van der Waals surface area contributed by atoms with Crippen LogP contribution in [0.5, 0.6) is 0 Å². The normalized spacial score (nSPS) is 14.7. The Labute approximate surface area is 122 Å². The predicted octanol–water partition coefficient (Wildman–Crippen LogP) is 3.31. The highest BCUT2D eigenvalue weighted by Crippen LogP contribution is 2.28. The standard InChI is InChI=1S/C15H18N2O4/c1-2-3-13-10-12(4-5-14(13)17(20)21)11-6-8-16(9-7-11)15(18)19/h4-6,10H,2-3,7-9H2,1H3,(H,18,19). The number of hydrogen-bond donors (Lipinski definition) is 1. The summed E-state index contributed by atoms with van der Waals surface area (Å²) in [6.07, 6.45) is 3.11. The molecule has 0 bridgehead atoms. The largest absolute Gasteiger partial charge is 0.465 e. The molecule has 0 aromatic heterocycles. The van der Waals surface area contributed by atoms with Gasteiger partial charge in [0.15, 0.2) is 0 Å². The molecule has 0 spiro atoms. The van der Waals surface area contributed by atoms with E-state index in [2.05, 4.69) is 0 Å². The Hall–Kier alpha value is -2.37. The molecule has 1 N–H and O–H groups in total. The van der Waals surface area contributed by atoms with Crippen LogP contribution in [0.2, 0.25) is 0 Å². The fourth-order valence-corrected chi connectivity index (χ4v) is 2.54. The second-order valence-corrected chi connectivity index (χ2v) is 5.06. The average Bonchev–Trinajstić information content (AvgIpc) is 2.47. The van der Waals surface area contributed by atoms with Crippen molar-refractivity contribution < 1.29 is 14.8 Å². The maximum absolute atomic E-state index is 11.0. The van der Waals surface area contributed by atoms with Gasteiger partial charge in [-0.2, -0.15) is 0 Å². The Bertz CT molecular complexity index is 595. The maximum Gasteiger partial charge on any atom is 0.407 e. The van der Waals surface area contributed by atoms with Crippen molar-refractivity contribution in [3.05, 3.63) is 45.5 Å². The number of nitro benzene ring substituents is 1. The van der Waals surface area contributed by atoms with Crippen molar-refractivity contribution in [1.82, 2.24) is 4.90 Å². The zero-order valence-corrected chi connectivity index (χ0v) is 11.9. The third kappa shape index (κ3) is 3.39. The van der Waals surface area contributed by atoms with Crippen LogP contribution in [0.25, 0.3) is 5.57 Å². The lowest BCUT2D eigenvalue weighted by Gasteiger charge is -2.24. The van der Waals surface area contributed by atoms with E-state index in [-0.39, 0.29) is 10.6 Å². The van der Waals surface area contributed by atoms with E-state index in [0.29, 0.717) is 25.9 Å². The van der Waals surface area contributed by atoms with E-state index in [1.807, 2.05) is 19.1 Å². The lowest BCUT2D eigenvalue weighted by molar-refractivity contribution is -0.385. The molecule has 1 amide bonds. The van der Waals surface area contributed by atoms with Gasteiger partial charge in [0.25, 0.3) is 5.69 Å². The summed E-state index contributed by atoms with van der Waals surface area (Å²) in [4.78, 5) is 22.9. The first-order valence-corrected chi connectivity index (χ1v) is 6.97. The van der Waals surface area contributed by atoms with E-state index in [4.69, 9.17) is 5.11 Å². The minimum absolute atomic E-state index is 0.157. The Kier molecular flexibility index (Phi) is 4.57. The topological polar surface area (TPSA) is 83.7 Å². The molecule has 0 radical (unpaired) electrons. The molecule has 112 valence electrons. The van der Waals surface area contributed by atoms with Crippen LogP contribution in [0.1, 0.15) is 30.9 Å². The third-order valence-corrected chi connectivity index (χ3v) is 3.65. The first-order valence-electron chi connectivity index (χ1n) is 6.97. The molecular weight excluding hydrogens is 272 g/mol. The molecule has 0 atom stereocenters. The molecule has 1 aromatic rings. The molecule has 2 rings (SSSR count). The Morgan fingerprint density at radius 2 is 2.24 bits per heavy atom. The quantitative estimate of drug-likeness (QED) is 0.681. The summed E-state index contributed by atoms with van der Waals surface area (Å²) in [5, 5.41) is 19.9. The SMILES string of the molecule is CCCc1cc(C2=CCN(C(=O)O)CC2)ccc1[N+](=O)[O-]. The van der Waals surface area contributed by atoms with Gasteiger partial charge in [-0.3, -0.25) is 10.1 Å². The first-order chi connectivity index (χ1) is 10.0. The minimum Gasteiger partial charge on any atom is -0.465 e. The molecule has 0 saturated carbocycles. The van der Waals surface area contributed by atoms with E-state index in [1.54, 1.807) is 12.1 Å². The summed E-state index contributed by atoms with van der Waals surface area (Å²) >= 11 is 0. The van der Waals surface area contributed by atoms with Crippen LogP contribution >= 0.6 is 0 Å². The highest BCUT2D eigenvalue weighted by molar-refractivity contribution is 5.72. The van der Waals surface area contributed by atoms with Crippen molar-refractivity contribution in [3.8, 4) is 0 Å². The van der Waals surface area contributed by atoms with Crippen LogP contribution in [0.3, 0.4) is 0 Å². The summed E-state index contributed by atoms with van der Waals surface area (Å²) in [5.41, 5.74) is 2.90. The van der Waals surface area contributed by atoms with Crippen LogP contribution in [0, 0.1) is 10.1 Å². The monoisotopic (exact) mass is 290 g/mol. The van der Waals surface area contributed by atoms with Gasteiger partial charge < -0.3 is 10.0 Å². The molecule has 1 aliphatic heterocycles. The maximum atomic E-state index is 11.0. The van der Waals surface area contributed by atoms with Crippen LogP contribution < -0.4 is 0 Å². The second kappa shape index (κ2) is 6.39. The van der Waals surface area contributed by atoms with E-state index in [0.717, 1.165) is 23.1 Å². The lowest BCUT2D eigenvalue weighted by Crippen LogP contribution is -2.33. The van der Waals surface area contributed by atoms with Gasteiger partial charge in [0.2, 0.25) is 0 Å². The smallest absolute Gasteiger partial charge is 0.407 e. The molecule has 0 fully saturated rings. The summed E-state index contributed by atoms with van der Waals surface area (Å²) in [6.45, 7) is 2.81. The van der Waals surface area contributed by atoms with E-state index < -0.39 is 6.09 Å². The number of nitro groups is 1. The number of aryl methyl sites for hydroxylation is 1. The summed E-state index contributed by atoms with van der Waals surface area (Å²) in [6, 6.07) is 5.16. The van der Waals surface area contributed by atoms with Gasteiger partial charge in [0.05, 0.1) is 4.92 Å². The van der Waals surface area contributed by atoms with Crippen molar-refractivity contribution in [2.75, 3.05) is 13.1 Å². The van der Waals surface area contributed by atoms with Crippen LogP contribution in [0.15, 0.2) is 24.3 Å². The zero-order valence-electron chi connectivity index (χ0n) is 11.9. The number of carboxylic acid groups (broad SMARTS) is 1. The molecule has 0 unspecified atom stereocenters. The molecule has 0 saturated heterocycles. The molecular formula is C15H18N2O4. The third-order valence-electron chi connectivity index (χ3n) is 3.65. The molecule has 1 aliphatic rings.